The van der Waals surface area contributed by atoms with Crippen LogP contribution in [0.5, 0.6) is 0 Å². The highest BCUT2D eigenvalue weighted by Gasteiger charge is 1.97. The molecule has 2 N–H and O–H groups in total. The van der Waals surface area contributed by atoms with E-state index in [4.69, 9.17) is 5.73 Å². The second-order valence-corrected chi connectivity index (χ2v) is 3.02. The second kappa shape index (κ2) is 3.12. The molecule has 0 aliphatic rings. The van der Waals surface area contributed by atoms with Crippen molar-refractivity contribution in [1.82, 2.24) is 4.98 Å². The number of hydrogen-bond donors (Lipinski definition) is 1. The molecule has 54 valence electrons. The zero-order valence-electron chi connectivity index (χ0n) is 5.71. The minimum absolute atomic E-state index is 0.0700. The van der Waals surface area contributed by atoms with Crippen LogP contribution in [-0.2, 0) is 0 Å². The Bertz CT molecular complexity index is 205. The summed E-state index contributed by atoms with van der Waals surface area (Å²) in [6.07, 6.45) is 1.77. The van der Waals surface area contributed by atoms with Gasteiger partial charge in [0.15, 0.2) is 0 Å². The van der Waals surface area contributed by atoms with Crippen LogP contribution in [0.15, 0.2) is 22.9 Å². The van der Waals surface area contributed by atoms with Crippen LogP contribution in [-0.4, -0.2) is 4.98 Å². The molecule has 3 heteroatoms. The first-order chi connectivity index (χ1) is 4.70. The Morgan fingerprint density at radius 3 is 2.70 bits per heavy atom. The maximum Gasteiger partial charge on any atom is 0.106 e. The van der Waals surface area contributed by atoms with Crippen LogP contribution in [0, 0.1) is 0 Å². The van der Waals surface area contributed by atoms with Gasteiger partial charge in [0.1, 0.15) is 4.60 Å². The Labute approximate surface area is 68.6 Å². The van der Waals surface area contributed by atoms with Gasteiger partial charge in [-0.15, -0.1) is 0 Å². The van der Waals surface area contributed by atoms with Crippen molar-refractivity contribution < 1.29 is 0 Å². The molecule has 0 bridgehead atoms. The van der Waals surface area contributed by atoms with Gasteiger partial charge in [0.25, 0.3) is 0 Å². The van der Waals surface area contributed by atoms with Crippen molar-refractivity contribution in [2.24, 2.45) is 5.73 Å². The zero-order chi connectivity index (χ0) is 7.56. The summed E-state index contributed by atoms with van der Waals surface area (Å²) in [6.45, 7) is 1.94. The molecule has 2 nitrogen and oxygen atoms in total. The van der Waals surface area contributed by atoms with Crippen LogP contribution < -0.4 is 5.73 Å². The molecule has 0 fully saturated rings. The molecule has 1 rings (SSSR count). The van der Waals surface area contributed by atoms with Crippen LogP contribution >= 0.6 is 15.9 Å². The number of nitrogens with zero attached hydrogens (tertiary/aromatic N) is 1. The molecule has 10 heavy (non-hydrogen) atoms. The van der Waals surface area contributed by atoms with E-state index in [1.807, 2.05) is 19.1 Å². The van der Waals surface area contributed by atoms with Gasteiger partial charge in [-0.25, -0.2) is 4.98 Å². The number of nitrogens with two attached hydrogens (primary N) is 1. The maximum atomic E-state index is 5.61. The van der Waals surface area contributed by atoms with E-state index in [0.717, 1.165) is 10.2 Å². The van der Waals surface area contributed by atoms with Gasteiger partial charge >= 0.3 is 0 Å². The van der Waals surface area contributed by atoms with Gasteiger partial charge in [-0.2, -0.15) is 0 Å². The lowest BCUT2D eigenvalue weighted by molar-refractivity contribution is 0.810. The van der Waals surface area contributed by atoms with Gasteiger partial charge in [-0.1, -0.05) is 6.07 Å². The Balaban J connectivity index is 2.89. The smallest absolute Gasteiger partial charge is 0.106 e. The van der Waals surface area contributed by atoms with E-state index in [1.165, 1.54) is 0 Å². The largest absolute Gasteiger partial charge is 0.324 e. The fraction of sp³-hybridized carbons (Fsp3) is 0.286. The van der Waals surface area contributed by atoms with E-state index in [9.17, 15) is 0 Å². The Hall–Kier alpha value is -0.410. The summed E-state index contributed by atoms with van der Waals surface area (Å²) in [5.74, 6) is 0. The Kier molecular flexibility index (Phi) is 2.40. The van der Waals surface area contributed by atoms with Crippen molar-refractivity contribution in [3.8, 4) is 0 Å². The van der Waals surface area contributed by atoms with E-state index >= 15 is 0 Å². The standard InChI is InChI=1S/C7H9BrN2/c1-5(9)6-2-3-7(8)10-4-6/h2-5H,9H2,1H3/t5-/m0/s1. The lowest BCUT2D eigenvalue weighted by Gasteiger charge is -2.02. The van der Waals surface area contributed by atoms with Crippen LogP contribution in [0.3, 0.4) is 0 Å². The number of halogens is 1. The van der Waals surface area contributed by atoms with E-state index in [0.29, 0.717) is 0 Å². The summed E-state index contributed by atoms with van der Waals surface area (Å²) < 4.78 is 0.844. The average molecular weight is 201 g/mol. The normalized spacial score (nSPS) is 13.1. The van der Waals surface area contributed by atoms with Gasteiger partial charge in [0.05, 0.1) is 0 Å². The molecular weight excluding hydrogens is 192 g/mol. The van der Waals surface area contributed by atoms with E-state index in [-0.39, 0.29) is 6.04 Å². The number of hydrogen-bond acceptors (Lipinski definition) is 2. The first-order valence-corrected chi connectivity index (χ1v) is 3.86. The third kappa shape index (κ3) is 1.78. The molecule has 0 aliphatic carbocycles. The van der Waals surface area contributed by atoms with Crippen molar-refractivity contribution in [3.63, 3.8) is 0 Å². The van der Waals surface area contributed by atoms with E-state index in [2.05, 4.69) is 20.9 Å². The maximum absolute atomic E-state index is 5.61. The van der Waals surface area contributed by atoms with E-state index < -0.39 is 0 Å². The summed E-state index contributed by atoms with van der Waals surface area (Å²) in [6, 6.07) is 3.92. The third-order valence-electron chi connectivity index (χ3n) is 1.28. The van der Waals surface area contributed by atoms with Gasteiger partial charge in [-0.05, 0) is 34.5 Å². The van der Waals surface area contributed by atoms with Crippen LogP contribution in [0.4, 0.5) is 0 Å². The molecule has 1 atom stereocenters. The van der Waals surface area contributed by atoms with Gasteiger partial charge in [-0.3, -0.25) is 0 Å². The Morgan fingerprint density at radius 1 is 1.60 bits per heavy atom. The molecule has 1 aromatic heterocycles. The zero-order valence-corrected chi connectivity index (χ0v) is 7.30. The molecule has 1 aromatic rings. The summed E-state index contributed by atoms with van der Waals surface area (Å²) >= 11 is 3.24. The predicted molar refractivity (Wildman–Crippen MR) is 44.5 cm³/mol. The topological polar surface area (TPSA) is 38.9 Å². The summed E-state index contributed by atoms with van der Waals surface area (Å²) in [7, 11) is 0. The minimum atomic E-state index is 0.0700. The van der Waals surface area contributed by atoms with Crippen molar-refractivity contribution >= 4 is 15.9 Å². The molecule has 0 aliphatic heterocycles. The van der Waals surface area contributed by atoms with Crippen molar-refractivity contribution in [1.29, 1.82) is 0 Å². The predicted octanol–water partition coefficient (Wildman–Crippen LogP) is 1.86. The van der Waals surface area contributed by atoms with Crippen LogP contribution in [0.1, 0.15) is 18.5 Å². The molecule has 0 amide bonds. The van der Waals surface area contributed by atoms with Crippen molar-refractivity contribution in [2.75, 3.05) is 0 Å². The quantitative estimate of drug-likeness (QED) is 0.704. The van der Waals surface area contributed by atoms with Crippen molar-refractivity contribution in [2.45, 2.75) is 13.0 Å². The van der Waals surface area contributed by atoms with Crippen LogP contribution in [0.2, 0.25) is 0 Å². The molecular formula is C7H9BrN2. The second-order valence-electron chi connectivity index (χ2n) is 2.20. The lowest BCUT2D eigenvalue weighted by Crippen LogP contribution is -2.04. The Morgan fingerprint density at radius 2 is 2.30 bits per heavy atom. The highest BCUT2D eigenvalue weighted by Crippen LogP contribution is 2.10. The number of pyridine rings is 1. The fourth-order valence-electron chi connectivity index (χ4n) is 0.657. The molecule has 0 saturated heterocycles. The minimum Gasteiger partial charge on any atom is -0.324 e. The summed E-state index contributed by atoms with van der Waals surface area (Å²) in [5, 5.41) is 0. The van der Waals surface area contributed by atoms with Gasteiger partial charge in [0, 0.05) is 12.2 Å². The van der Waals surface area contributed by atoms with Crippen LogP contribution in [0.25, 0.3) is 0 Å². The molecule has 0 spiro atoms. The SMILES string of the molecule is C[C@H](N)c1ccc(Br)nc1. The molecule has 0 radical (unpaired) electrons. The molecule has 0 aromatic carbocycles. The monoisotopic (exact) mass is 200 g/mol. The lowest BCUT2D eigenvalue weighted by atomic mass is 10.2. The first-order valence-electron chi connectivity index (χ1n) is 3.07. The number of aromatic nitrogens is 1. The summed E-state index contributed by atoms with van der Waals surface area (Å²) in [4.78, 5) is 4.04. The van der Waals surface area contributed by atoms with Gasteiger partial charge < -0.3 is 5.73 Å². The van der Waals surface area contributed by atoms with E-state index in [1.54, 1.807) is 6.20 Å². The van der Waals surface area contributed by atoms with Gasteiger partial charge in [0.2, 0.25) is 0 Å². The molecule has 1 heterocycles. The number of rotatable bonds is 1. The third-order valence-corrected chi connectivity index (χ3v) is 1.75. The molecule has 0 unspecified atom stereocenters. The summed E-state index contributed by atoms with van der Waals surface area (Å²) in [5.41, 5.74) is 6.67. The van der Waals surface area contributed by atoms with Crippen molar-refractivity contribution in [3.05, 3.63) is 28.5 Å². The highest BCUT2D eigenvalue weighted by molar-refractivity contribution is 9.10. The highest BCUT2D eigenvalue weighted by atomic mass is 79.9. The fourth-order valence-corrected chi connectivity index (χ4v) is 0.891. The average Bonchev–Trinajstić information content (AvgIpc) is 1.88. The first kappa shape index (κ1) is 7.69. The molecule has 0 saturated carbocycles.